The number of allylic oxidation sites excluding steroid dienone is 4. The minimum atomic E-state index is 0.205. The highest BCUT2D eigenvalue weighted by molar-refractivity contribution is 5.89. The maximum Gasteiger partial charge on any atom is 0.141 e. The smallest absolute Gasteiger partial charge is 0.141 e. The zero-order valence-corrected chi connectivity index (χ0v) is 12.0. The fourth-order valence-electron chi connectivity index (χ4n) is 3.45. The Kier molecular flexibility index (Phi) is 2.84. The maximum atomic E-state index is 12.3. The number of carbonyl (C=O) groups excluding carboxylic acids is 1. The SMILES string of the molecule is CC(C)=C1CC(=O)C2C(C(=C(C)C)C1)C2(C)C. The van der Waals surface area contributed by atoms with E-state index in [1.807, 2.05) is 0 Å². The van der Waals surface area contributed by atoms with Crippen LogP contribution in [0.1, 0.15) is 54.4 Å². The molecule has 0 heterocycles. The Labute approximate surface area is 105 Å². The van der Waals surface area contributed by atoms with Gasteiger partial charge >= 0.3 is 0 Å². The van der Waals surface area contributed by atoms with Crippen LogP contribution in [0.2, 0.25) is 0 Å². The molecule has 2 saturated carbocycles. The predicted octanol–water partition coefficient (Wildman–Crippen LogP) is 4.29. The molecule has 1 heteroatoms. The van der Waals surface area contributed by atoms with Crippen molar-refractivity contribution in [2.75, 3.05) is 0 Å². The number of hydrogen-bond donors (Lipinski definition) is 0. The van der Waals surface area contributed by atoms with E-state index in [0.29, 0.717) is 18.1 Å². The summed E-state index contributed by atoms with van der Waals surface area (Å²) in [6.07, 6.45) is 1.71. The summed E-state index contributed by atoms with van der Waals surface area (Å²) in [7, 11) is 0. The molecule has 0 radical (unpaired) electrons. The van der Waals surface area contributed by atoms with Crippen molar-refractivity contribution in [3.63, 3.8) is 0 Å². The molecule has 2 aliphatic carbocycles. The number of hydrogen-bond acceptors (Lipinski definition) is 1. The Balaban J connectivity index is 2.44. The quantitative estimate of drug-likeness (QED) is 0.569. The van der Waals surface area contributed by atoms with Gasteiger partial charge in [0.05, 0.1) is 0 Å². The monoisotopic (exact) mass is 232 g/mol. The third-order valence-corrected chi connectivity index (χ3v) is 4.69. The van der Waals surface area contributed by atoms with Gasteiger partial charge in [-0.2, -0.15) is 0 Å². The molecule has 0 aliphatic heterocycles. The van der Waals surface area contributed by atoms with Gasteiger partial charge < -0.3 is 0 Å². The molecule has 0 spiro atoms. The van der Waals surface area contributed by atoms with Crippen molar-refractivity contribution in [2.45, 2.75) is 54.4 Å². The molecule has 0 aromatic rings. The van der Waals surface area contributed by atoms with Crippen molar-refractivity contribution in [3.05, 3.63) is 22.3 Å². The zero-order chi connectivity index (χ0) is 13.0. The number of Topliss-reactive ketones (excluding diaryl/α,β-unsaturated/α-hetero) is 1. The molecular weight excluding hydrogens is 208 g/mol. The van der Waals surface area contributed by atoms with Crippen molar-refractivity contribution in [1.82, 2.24) is 0 Å². The largest absolute Gasteiger partial charge is 0.299 e. The number of rotatable bonds is 0. The second-order valence-electron chi connectivity index (χ2n) is 6.73. The first-order chi connectivity index (χ1) is 7.76. The average Bonchev–Trinajstić information content (AvgIpc) is 2.79. The van der Waals surface area contributed by atoms with Gasteiger partial charge in [-0.25, -0.2) is 0 Å². The van der Waals surface area contributed by atoms with Gasteiger partial charge in [0.15, 0.2) is 0 Å². The molecule has 0 N–H and O–H groups in total. The van der Waals surface area contributed by atoms with Crippen LogP contribution < -0.4 is 0 Å². The van der Waals surface area contributed by atoms with Gasteiger partial charge in [-0.15, -0.1) is 0 Å². The molecule has 0 aromatic carbocycles. The molecular formula is C16H24O. The molecule has 94 valence electrons. The lowest BCUT2D eigenvalue weighted by Crippen LogP contribution is -2.07. The van der Waals surface area contributed by atoms with E-state index in [9.17, 15) is 4.79 Å². The Morgan fingerprint density at radius 2 is 1.59 bits per heavy atom. The predicted molar refractivity (Wildman–Crippen MR) is 71.8 cm³/mol. The van der Waals surface area contributed by atoms with E-state index in [1.54, 1.807) is 0 Å². The Hall–Kier alpha value is -0.850. The van der Waals surface area contributed by atoms with Crippen LogP contribution in [0.3, 0.4) is 0 Å². The van der Waals surface area contributed by atoms with Crippen molar-refractivity contribution in [3.8, 4) is 0 Å². The maximum absolute atomic E-state index is 12.3. The summed E-state index contributed by atoms with van der Waals surface area (Å²) in [6, 6.07) is 0. The molecule has 2 fully saturated rings. The van der Waals surface area contributed by atoms with E-state index in [-0.39, 0.29) is 11.3 Å². The van der Waals surface area contributed by atoms with Gasteiger partial charge in [-0.1, -0.05) is 36.1 Å². The van der Waals surface area contributed by atoms with Gasteiger partial charge in [0, 0.05) is 12.3 Å². The van der Waals surface area contributed by atoms with E-state index < -0.39 is 0 Å². The normalized spacial score (nSPS) is 30.8. The van der Waals surface area contributed by atoms with Crippen LogP contribution in [0.5, 0.6) is 0 Å². The third-order valence-electron chi connectivity index (χ3n) is 4.69. The molecule has 0 aromatic heterocycles. The number of fused-ring (bicyclic) bond motifs is 1. The first-order valence-corrected chi connectivity index (χ1v) is 6.61. The topological polar surface area (TPSA) is 17.1 Å². The van der Waals surface area contributed by atoms with Crippen LogP contribution in [0, 0.1) is 17.3 Å². The molecule has 2 atom stereocenters. The van der Waals surface area contributed by atoms with Crippen LogP contribution >= 0.6 is 0 Å². The first kappa shape index (κ1) is 12.6. The van der Waals surface area contributed by atoms with E-state index in [2.05, 4.69) is 41.5 Å². The lowest BCUT2D eigenvalue weighted by molar-refractivity contribution is -0.120. The van der Waals surface area contributed by atoms with E-state index >= 15 is 0 Å². The Bertz CT molecular complexity index is 426. The molecule has 2 aliphatic rings. The summed E-state index contributed by atoms with van der Waals surface area (Å²) in [5, 5.41) is 0. The Morgan fingerprint density at radius 3 is 2.06 bits per heavy atom. The highest BCUT2D eigenvalue weighted by atomic mass is 16.1. The van der Waals surface area contributed by atoms with Crippen LogP contribution in [-0.2, 0) is 4.79 Å². The zero-order valence-electron chi connectivity index (χ0n) is 12.0. The molecule has 2 unspecified atom stereocenters. The van der Waals surface area contributed by atoms with Gasteiger partial charge in [-0.3, -0.25) is 4.79 Å². The fraction of sp³-hybridized carbons (Fsp3) is 0.688. The summed E-state index contributed by atoms with van der Waals surface area (Å²) in [5.41, 5.74) is 5.84. The van der Waals surface area contributed by atoms with Crippen LogP contribution in [-0.4, -0.2) is 5.78 Å². The minimum absolute atomic E-state index is 0.205. The second kappa shape index (κ2) is 3.83. The fourth-order valence-corrected chi connectivity index (χ4v) is 3.45. The van der Waals surface area contributed by atoms with Crippen molar-refractivity contribution < 1.29 is 4.79 Å². The summed E-state index contributed by atoms with van der Waals surface area (Å²) in [5.74, 6) is 1.26. The summed E-state index contributed by atoms with van der Waals surface area (Å²) in [4.78, 5) is 12.3. The standard InChI is InChI=1S/C16H24O/c1-9(2)11-7-12(10(3)4)14-15(13(17)8-11)16(14,5)6/h14-15H,7-8H2,1-6H3. The van der Waals surface area contributed by atoms with Gasteiger partial charge in [0.2, 0.25) is 0 Å². The highest BCUT2D eigenvalue weighted by Gasteiger charge is 2.63. The van der Waals surface area contributed by atoms with E-state index in [4.69, 9.17) is 0 Å². The number of ketones is 1. The van der Waals surface area contributed by atoms with Gasteiger partial charge in [0.25, 0.3) is 0 Å². The Morgan fingerprint density at radius 1 is 1.00 bits per heavy atom. The van der Waals surface area contributed by atoms with E-state index in [1.165, 1.54) is 22.3 Å². The molecule has 0 amide bonds. The summed E-state index contributed by atoms with van der Waals surface area (Å²) in [6.45, 7) is 13.1. The van der Waals surface area contributed by atoms with Crippen LogP contribution in [0.15, 0.2) is 22.3 Å². The number of carbonyl (C=O) groups is 1. The molecule has 0 bridgehead atoms. The van der Waals surface area contributed by atoms with Gasteiger partial charge in [-0.05, 0) is 45.4 Å². The van der Waals surface area contributed by atoms with Gasteiger partial charge in [0.1, 0.15) is 5.78 Å². The molecule has 1 nitrogen and oxygen atoms in total. The van der Waals surface area contributed by atoms with Crippen molar-refractivity contribution in [2.24, 2.45) is 17.3 Å². The molecule has 0 saturated heterocycles. The third kappa shape index (κ3) is 1.90. The minimum Gasteiger partial charge on any atom is -0.299 e. The average molecular weight is 232 g/mol. The van der Waals surface area contributed by atoms with Crippen molar-refractivity contribution >= 4 is 5.78 Å². The lowest BCUT2D eigenvalue weighted by Gasteiger charge is -2.15. The molecule has 17 heavy (non-hydrogen) atoms. The molecule has 2 rings (SSSR count). The highest BCUT2D eigenvalue weighted by Crippen LogP contribution is 2.65. The van der Waals surface area contributed by atoms with Crippen LogP contribution in [0.4, 0.5) is 0 Å². The second-order valence-corrected chi connectivity index (χ2v) is 6.73. The summed E-state index contributed by atoms with van der Waals surface area (Å²) < 4.78 is 0. The lowest BCUT2D eigenvalue weighted by atomic mass is 9.90. The van der Waals surface area contributed by atoms with E-state index in [0.717, 1.165) is 6.42 Å². The van der Waals surface area contributed by atoms with Crippen molar-refractivity contribution in [1.29, 1.82) is 0 Å². The van der Waals surface area contributed by atoms with Crippen LogP contribution in [0.25, 0.3) is 0 Å². The first-order valence-electron chi connectivity index (χ1n) is 6.61. The summed E-state index contributed by atoms with van der Waals surface area (Å²) >= 11 is 0.